The van der Waals surface area contributed by atoms with Crippen molar-refractivity contribution in [1.82, 2.24) is 4.98 Å². The van der Waals surface area contributed by atoms with Crippen molar-refractivity contribution >= 4 is 21.7 Å². The first kappa shape index (κ1) is 20.2. The van der Waals surface area contributed by atoms with Crippen LogP contribution in [-0.4, -0.2) is 4.98 Å². The van der Waals surface area contributed by atoms with Crippen molar-refractivity contribution in [1.29, 1.82) is 0 Å². The molecule has 0 fully saturated rings. The summed E-state index contributed by atoms with van der Waals surface area (Å²) in [5, 5.41) is 2.99. The van der Waals surface area contributed by atoms with Gasteiger partial charge in [-0.3, -0.25) is 0 Å². The molecule has 5 rings (SSSR count). The van der Waals surface area contributed by atoms with Gasteiger partial charge < -0.3 is 0 Å². The van der Waals surface area contributed by atoms with Gasteiger partial charge in [0.1, 0.15) is 6.20 Å². The van der Waals surface area contributed by atoms with E-state index in [4.69, 9.17) is 4.98 Å². The molecule has 32 heavy (non-hydrogen) atoms. The first-order chi connectivity index (χ1) is 15.3. The Balaban J connectivity index is 1.78. The minimum atomic E-state index is -4.36. The number of halogens is 3. The number of aromatic nitrogens is 2. The summed E-state index contributed by atoms with van der Waals surface area (Å²) in [4.78, 5) is 4.98. The van der Waals surface area contributed by atoms with Gasteiger partial charge in [-0.15, -0.1) is 0 Å². The van der Waals surface area contributed by atoms with Crippen LogP contribution in [0.5, 0.6) is 0 Å². The molecule has 0 saturated carbocycles. The maximum Gasteiger partial charge on any atom is 0.416 e. The van der Waals surface area contributed by atoms with E-state index in [2.05, 4.69) is 19.2 Å². The Morgan fingerprint density at radius 3 is 2.09 bits per heavy atom. The van der Waals surface area contributed by atoms with E-state index in [1.165, 1.54) is 12.1 Å². The molecular weight excluding hydrogens is 409 g/mol. The van der Waals surface area contributed by atoms with E-state index in [0.29, 0.717) is 0 Å². The predicted molar refractivity (Wildman–Crippen MR) is 121 cm³/mol. The number of hydrogen-bond acceptors (Lipinski definition) is 1. The van der Waals surface area contributed by atoms with Gasteiger partial charge >= 0.3 is 12.0 Å². The van der Waals surface area contributed by atoms with Crippen LogP contribution in [0.1, 0.15) is 11.1 Å². The molecule has 1 heterocycles. The van der Waals surface area contributed by atoms with Crippen molar-refractivity contribution in [2.24, 2.45) is 7.05 Å². The normalized spacial score (nSPS) is 11.9. The fourth-order valence-corrected chi connectivity index (χ4v) is 4.21. The zero-order valence-electron chi connectivity index (χ0n) is 17.6. The van der Waals surface area contributed by atoms with Crippen LogP contribution in [0.15, 0.2) is 85.1 Å². The molecule has 0 N–H and O–H groups in total. The third-order valence-corrected chi connectivity index (χ3v) is 5.86. The van der Waals surface area contributed by atoms with Gasteiger partial charge in [-0.25, -0.2) is 4.57 Å². The Labute approximate surface area is 183 Å². The largest absolute Gasteiger partial charge is 0.416 e. The maximum atomic E-state index is 13.0. The molecule has 0 aliphatic heterocycles. The van der Waals surface area contributed by atoms with Gasteiger partial charge in [0.25, 0.3) is 0 Å². The Kier molecular flexibility index (Phi) is 4.70. The summed E-state index contributed by atoms with van der Waals surface area (Å²) in [7, 11) is 1.98. The van der Waals surface area contributed by atoms with Crippen LogP contribution in [-0.2, 0) is 13.2 Å². The number of rotatable bonds is 2. The zero-order valence-corrected chi connectivity index (χ0v) is 17.6. The second-order valence-corrected chi connectivity index (χ2v) is 7.97. The smallest absolute Gasteiger partial charge is 0.232 e. The predicted octanol–water partition coefficient (Wildman–Crippen LogP) is 6.87. The van der Waals surface area contributed by atoms with Crippen LogP contribution in [0.25, 0.3) is 44.2 Å². The Morgan fingerprint density at radius 1 is 0.750 bits per heavy atom. The van der Waals surface area contributed by atoms with Crippen molar-refractivity contribution in [3.63, 3.8) is 0 Å². The molecule has 0 saturated heterocycles. The molecule has 2 nitrogen and oxygen atoms in total. The van der Waals surface area contributed by atoms with E-state index in [0.717, 1.165) is 61.9 Å². The molecule has 0 radical (unpaired) electrons. The average Bonchev–Trinajstić information content (AvgIpc) is 2.78. The summed E-state index contributed by atoms with van der Waals surface area (Å²) in [6.07, 6.45) is -2.29. The highest BCUT2D eigenvalue weighted by molar-refractivity contribution is 6.12. The number of nitrogens with zero attached hydrogens (tertiary/aromatic N) is 2. The van der Waals surface area contributed by atoms with Crippen LogP contribution < -0.4 is 4.57 Å². The summed E-state index contributed by atoms with van der Waals surface area (Å²) in [5.41, 5.74) is 3.90. The van der Waals surface area contributed by atoms with Gasteiger partial charge in [0, 0.05) is 0 Å². The molecular formula is C27H20F3N2+. The average molecular weight is 429 g/mol. The Hall–Kier alpha value is -3.73. The molecule has 0 aliphatic rings. The van der Waals surface area contributed by atoms with Crippen LogP contribution in [0, 0.1) is 6.92 Å². The van der Waals surface area contributed by atoms with Crippen LogP contribution in [0.2, 0.25) is 0 Å². The monoisotopic (exact) mass is 429 g/mol. The molecule has 1 aromatic heterocycles. The molecule has 0 aliphatic carbocycles. The molecule has 4 aromatic carbocycles. The van der Waals surface area contributed by atoms with Crippen LogP contribution in [0.4, 0.5) is 13.2 Å². The van der Waals surface area contributed by atoms with Crippen molar-refractivity contribution in [3.05, 3.63) is 96.2 Å². The standard InChI is InChI=1S/C27H20F3N2/c1-17-7-3-4-8-20(17)26-31-25-15-23(18-11-13-19(14-12-18)27(28,29)30)21-9-5-6-10-22(21)24(25)16-32(26)2/h3-16H,1-2H3/q+1. The first-order valence-corrected chi connectivity index (χ1v) is 10.3. The highest BCUT2D eigenvalue weighted by Crippen LogP contribution is 2.36. The second-order valence-electron chi connectivity index (χ2n) is 7.97. The molecule has 5 heteroatoms. The van der Waals surface area contributed by atoms with Gasteiger partial charge in [0.2, 0.25) is 0 Å². The van der Waals surface area contributed by atoms with Gasteiger partial charge in [0.15, 0.2) is 5.52 Å². The zero-order chi connectivity index (χ0) is 22.5. The summed E-state index contributed by atoms with van der Waals surface area (Å²) in [5.74, 6) is 0.837. The molecule has 0 spiro atoms. The van der Waals surface area contributed by atoms with Gasteiger partial charge in [-0.05, 0) is 63.6 Å². The fraction of sp³-hybridized carbons (Fsp3) is 0.111. The van der Waals surface area contributed by atoms with E-state index in [-0.39, 0.29) is 0 Å². The molecule has 0 atom stereocenters. The van der Waals surface area contributed by atoms with Crippen LogP contribution in [0.3, 0.4) is 0 Å². The number of fused-ring (bicyclic) bond motifs is 3. The molecule has 5 aromatic rings. The summed E-state index contributed by atoms with van der Waals surface area (Å²) >= 11 is 0. The molecule has 0 amide bonds. The quantitative estimate of drug-likeness (QED) is 0.221. The number of hydrogen-bond donors (Lipinski definition) is 0. The second kappa shape index (κ2) is 7.45. The van der Waals surface area contributed by atoms with Crippen LogP contribution >= 0.6 is 0 Å². The fourth-order valence-electron chi connectivity index (χ4n) is 4.21. The topological polar surface area (TPSA) is 16.8 Å². The van der Waals surface area contributed by atoms with E-state index in [1.54, 1.807) is 0 Å². The van der Waals surface area contributed by atoms with Crippen molar-refractivity contribution < 1.29 is 17.7 Å². The van der Waals surface area contributed by atoms with Gasteiger partial charge in [-0.1, -0.05) is 54.6 Å². The highest BCUT2D eigenvalue weighted by Gasteiger charge is 2.30. The lowest BCUT2D eigenvalue weighted by atomic mass is 9.95. The Morgan fingerprint density at radius 2 is 1.41 bits per heavy atom. The van der Waals surface area contributed by atoms with E-state index >= 15 is 0 Å². The summed E-state index contributed by atoms with van der Waals surface area (Å²) < 4.78 is 41.2. The van der Waals surface area contributed by atoms with Crippen molar-refractivity contribution in [2.75, 3.05) is 0 Å². The van der Waals surface area contributed by atoms with Crippen molar-refractivity contribution in [2.45, 2.75) is 13.1 Å². The Bertz CT molecular complexity index is 1470. The van der Waals surface area contributed by atoms with Crippen molar-refractivity contribution in [3.8, 4) is 22.5 Å². The van der Waals surface area contributed by atoms with E-state index in [1.807, 2.05) is 60.1 Å². The molecule has 158 valence electrons. The van der Waals surface area contributed by atoms with Gasteiger partial charge in [0.05, 0.1) is 23.6 Å². The number of alkyl halides is 3. The lowest BCUT2D eigenvalue weighted by molar-refractivity contribution is -0.661. The minimum absolute atomic E-state index is 0.654. The summed E-state index contributed by atoms with van der Waals surface area (Å²) in [6.45, 7) is 2.05. The van der Waals surface area contributed by atoms with E-state index < -0.39 is 11.7 Å². The third kappa shape index (κ3) is 3.40. The maximum absolute atomic E-state index is 13.0. The van der Waals surface area contributed by atoms with E-state index in [9.17, 15) is 13.2 Å². The summed E-state index contributed by atoms with van der Waals surface area (Å²) in [6, 6.07) is 23.3. The lowest BCUT2D eigenvalue weighted by Crippen LogP contribution is -2.32. The highest BCUT2D eigenvalue weighted by atomic mass is 19.4. The van der Waals surface area contributed by atoms with Gasteiger partial charge in [-0.2, -0.15) is 13.2 Å². The number of aryl methyl sites for hydroxylation is 2. The molecule has 0 unspecified atom stereocenters. The lowest BCUT2D eigenvalue weighted by Gasteiger charge is -2.11. The first-order valence-electron chi connectivity index (χ1n) is 10.3. The molecule has 0 bridgehead atoms. The minimum Gasteiger partial charge on any atom is -0.232 e. The SMILES string of the molecule is Cc1ccccc1-c1nc2cc(-c3ccc(C(F)(F)F)cc3)c3ccccc3c2c[n+]1C. The third-order valence-electron chi connectivity index (χ3n) is 5.86. The number of benzene rings is 4.